The molecule has 6 aromatic carbocycles. The molecule has 0 atom stereocenters. The lowest BCUT2D eigenvalue weighted by atomic mass is 9.95. The van der Waals surface area contributed by atoms with Crippen LogP contribution in [0.25, 0.3) is 99.4 Å². The van der Waals surface area contributed by atoms with Crippen molar-refractivity contribution in [1.82, 2.24) is 19.9 Å². The van der Waals surface area contributed by atoms with Crippen LogP contribution in [-0.2, 0) is 0 Å². The summed E-state index contributed by atoms with van der Waals surface area (Å²) in [7, 11) is 0. The molecule has 4 nitrogen and oxygen atoms in total. The third-order valence-electron chi connectivity index (χ3n) is 9.63. The van der Waals surface area contributed by atoms with E-state index in [0.717, 1.165) is 99.4 Å². The van der Waals surface area contributed by atoms with Gasteiger partial charge < -0.3 is 0 Å². The lowest BCUT2D eigenvalue weighted by Crippen LogP contribution is -1.94. The van der Waals surface area contributed by atoms with Crippen LogP contribution in [0.1, 0.15) is 0 Å². The Morgan fingerprint density at radius 2 is 0.800 bits per heavy atom. The molecule has 4 aromatic heterocycles. The molecule has 0 saturated carbocycles. The van der Waals surface area contributed by atoms with Gasteiger partial charge in [0.15, 0.2) is 0 Å². The number of aromatic nitrogens is 4. The van der Waals surface area contributed by atoms with Gasteiger partial charge in [0.25, 0.3) is 0 Å². The van der Waals surface area contributed by atoms with Crippen LogP contribution in [0.3, 0.4) is 0 Å². The predicted octanol–water partition coefficient (Wildman–Crippen LogP) is 11.7. The van der Waals surface area contributed by atoms with Crippen LogP contribution in [-0.4, -0.2) is 19.9 Å². The van der Waals surface area contributed by atoms with E-state index in [1.165, 1.54) is 0 Å². The summed E-state index contributed by atoms with van der Waals surface area (Å²) in [6, 6.07) is 59.0. The maximum absolute atomic E-state index is 5.38. The fraction of sp³-hybridized carbons (Fsp3) is 0. The quantitative estimate of drug-likeness (QED) is 0.180. The number of pyridine rings is 4. The summed E-state index contributed by atoms with van der Waals surface area (Å²) >= 11 is 0. The number of benzene rings is 6. The van der Waals surface area contributed by atoms with Crippen molar-refractivity contribution < 1.29 is 0 Å². The maximum atomic E-state index is 5.38. The molecule has 4 heteroatoms. The number of rotatable bonds is 4. The van der Waals surface area contributed by atoms with Gasteiger partial charge in [-0.15, -0.1) is 0 Å². The van der Waals surface area contributed by atoms with Crippen molar-refractivity contribution >= 4 is 54.4 Å². The Labute approximate surface area is 288 Å². The third-order valence-corrected chi connectivity index (χ3v) is 9.63. The van der Waals surface area contributed by atoms with E-state index in [-0.39, 0.29) is 0 Å². The zero-order valence-electron chi connectivity index (χ0n) is 27.0. The summed E-state index contributed by atoms with van der Waals surface area (Å²) in [6.45, 7) is 0. The van der Waals surface area contributed by atoms with E-state index in [9.17, 15) is 0 Å². The number of hydrogen-bond donors (Lipinski definition) is 0. The fourth-order valence-corrected chi connectivity index (χ4v) is 7.14. The monoisotopic (exact) mass is 636 g/mol. The molecule has 0 aliphatic carbocycles. The predicted molar refractivity (Wildman–Crippen MR) is 207 cm³/mol. The second-order valence-electron chi connectivity index (χ2n) is 12.6. The van der Waals surface area contributed by atoms with Crippen molar-refractivity contribution in [3.8, 4) is 45.0 Å². The smallest absolute Gasteiger partial charge is 0.0972 e. The van der Waals surface area contributed by atoms with E-state index in [0.29, 0.717) is 0 Å². The topological polar surface area (TPSA) is 51.6 Å². The molecule has 0 saturated heterocycles. The standard InChI is InChI=1S/C46H28N4/c1-4-10-29(11-5-1)38-26-23-37-41(47-38)27-22-36-35-21-18-34(28-42(35)50-44(43(36)37)31-14-8-3-9-15-31)40-25-20-33-17-16-32-19-24-39(30-12-6-2-7-13-30)48-45(32)46(33)49-40/h1-28H. The average Bonchev–Trinajstić information content (AvgIpc) is 3.20. The molecule has 232 valence electrons. The van der Waals surface area contributed by atoms with E-state index in [2.05, 4.69) is 127 Å². The lowest BCUT2D eigenvalue weighted by Gasteiger charge is -2.14. The second kappa shape index (κ2) is 11.4. The van der Waals surface area contributed by atoms with E-state index >= 15 is 0 Å². The largest absolute Gasteiger partial charge is 0.248 e. The summed E-state index contributed by atoms with van der Waals surface area (Å²) in [5.74, 6) is 0. The van der Waals surface area contributed by atoms with Gasteiger partial charge in [-0.1, -0.05) is 133 Å². The van der Waals surface area contributed by atoms with Crippen LogP contribution in [0.15, 0.2) is 170 Å². The molecule has 10 rings (SSSR count). The molecule has 0 bridgehead atoms. The first kappa shape index (κ1) is 28.3. The summed E-state index contributed by atoms with van der Waals surface area (Å²) in [6.07, 6.45) is 0. The van der Waals surface area contributed by atoms with Gasteiger partial charge in [0.05, 0.1) is 44.8 Å². The highest BCUT2D eigenvalue weighted by Gasteiger charge is 2.16. The number of nitrogens with zero attached hydrogens (tertiary/aromatic N) is 4. The summed E-state index contributed by atoms with van der Waals surface area (Å²) in [5, 5.41) is 6.57. The zero-order valence-corrected chi connectivity index (χ0v) is 27.0. The van der Waals surface area contributed by atoms with Gasteiger partial charge in [-0.3, -0.25) is 0 Å². The Morgan fingerprint density at radius 3 is 1.44 bits per heavy atom. The van der Waals surface area contributed by atoms with E-state index in [1.807, 2.05) is 42.5 Å². The normalized spacial score (nSPS) is 11.6. The molecule has 4 heterocycles. The van der Waals surface area contributed by atoms with E-state index < -0.39 is 0 Å². The molecule has 0 N–H and O–H groups in total. The van der Waals surface area contributed by atoms with Gasteiger partial charge in [-0.2, -0.15) is 0 Å². The molecular formula is C46H28N4. The van der Waals surface area contributed by atoms with Gasteiger partial charge in [0.2, 0.25) is 0 Å². The van der Waals surface area contributed by atoms with Crippen LogP contribution < -0.4 is 0 Å². The zero-order chi connectivity index (χ0) is 33.0. The molecule has 10 aromatic rings. The Bertz CT molecular complexity index is 2900. The minimum absolute atomic E-state index is 0.887. The molecule has 0 spiro atoms. The Balaban J connectivity index is 1.16. The van der Waals surface area contributed by atoms with Crippen LogP contribution in [0.2, 0.25) is 0 Å². The number of fused-ring (bicyclic) bond motifs is 8. The average molecular weight is 637 g/mol. The van der Waals surface area contributed by atoms with Crippen LogP contribution in [0, 0.1) is 0 Å². The highest BCUT2D eigenvalue weighted by atomic mass is 14.8. The highest BCUT2D eigenvalue weighted by molar-refractivity contribution is 6.21. The molecule has 0 aliphatic heterocycles. The van der Waals surface area contributed by atoms with Gasteiger partial charge in [0, 0.05) is 49.2 Å². The van der Waals surface area contributed by atoms with Gasteiger partial charge in [-0.25, -0.2) is 19.9 Å². The second-order valence-corrected chi connectivity index (χ2v) is 12.6. The lowest BCUT2D eigenvalue weighted by molar-refractivity contribution is 1.36. The molecular weight excluding hydrogens is 609 g/mol. The van der Waals surface area contributed by atoms with E-state index in [4.69, 9.17) is 19.9 Å². The first-order valence-corrected chi connectivity index (χ1v) is 16.8. The third kappa shape index (κ3) is 4.69. The Kier molecular flexibility index (Phi) is 6.46. The van der Waals surface area contributed by atoms with Gasteiger partial charge >= 0.3 is 0 Å². The van der Waals surface area contributed by atoms with Crippen LogP contribution in [0.4, 0.5) is 0 Å². The maximum Gasteiger partial charge on any atom is 0.0972 e. The van der Waals surface area contributed by atoms with Gasteiger partial charge in [-0.05, 0) is 41.8 Å². The Hall–Kier alpha value is -6.78. The first-order valence-electron chi connectivity index (χ1n) is 16.8. The fourth-order valence-electron chi connectivity index (χ4n) is 7.14. The highest BCUT2D eigenvalue weighted by Crippen LogP contribution is 2.39. The van der Waals surface area contributed by atoms with Gasteiger partial charge in [0.1, 0.15) is 0 Å². The summed E-state index contributed by atoms with van der Waals surface area (Å²) in [5.41, 5.74) is 11.7. The van der Waals surface area contributed by atoms with Crippen LogP contribution in [0.5, 0.6) is 0 Å². The molecule has 0 unspecified atom stereocenters. The van der Waals surface area contributed by atoms with Crippen molar-refractivity contribution in [2.45, 2.75) is 0 Å². The summed E-state index contributed by atoms with van der Waals surface area (Å²) < 4.78 is 0. The Morgan fingerprint density at radius 1 is 0.300 bits per heavy atom. The molecule has 0 radical (unpaired) electrons. The van der Waals surface area contributed by atoms with Crippen molar-refractivity contribution in [1.29, 1.82) is 0 Å². The minimum Gasteiger partial charge on any atom is -0.248 e. The molecule has 0 aliphatic rings. The molecule has 0 amide bonds. The van der Waals surface area contributed by atoms with Crippen molar-refractivity contribution in [3.63, 3.8) is 0 Å². The van der Waals surface area contributed by atoms with Crippen molar-refractivity contribution in [2.75, 3.05) is 0 Å². The van der Waals surface area contributed by atoms with Crippen LogP contribution >= 0.6 is 0 Å². The van der Waals surface area contributed by atoms with Crippen molar-refractivity contribution in [3.05, 3.63) is 170 Å². The first-order chi connectivity index (χ1) is 24.8. The minimum atomic E-state index is 0.887. The molecule has 50 heavy (non-hydrogen) atoms. The SMILES string of the molecule is c1ccc(-c2ccc3c(ccc4c5ccc(-c6ccc7ccc8ccc(-c9ccccc9)nc8c7n6)cc5nc(-c5ccccc5)c34)n2)cc1. The van der Waals surface area contributed by atoms with E-state index in [1.54, 1.807) is 0 Å². The number of hydrogen-bond acceptors (Lipinski definition) is 4. The molecule has 0 fully saturated rings. The summed E-state index contributed by atoms with van der Waals surface area (Å²) in [4.78, 5) is 20.8. The van der Waals surface area contributed by atoms with Crippen molar-refractivity contribution in [2.24, 2.45) is 0 Å².